The zero-order chi connectivity index (χ0) is 16.4. The van der Waals surface area contributed by atoms with Crippen molar-refractivity contribution in [3.05, 3.63) is 35.4 Å². The van der Waals surface area contributed by atoms with E-state index in [2.05, 4.69) is 5.32 Å². The van der Waals surface area contributed by atoms with Crippen LogP contribution in [0.5, 0.6) is 0 Å². The van der Waals surface area contributed by atoms with E-state index < -0.39 is 29.1 Å². The van der Waals surface area contributed by atoms with E-state index in [1.807, 2.05) is 0 Å². The molecule has 1 aliphatic rings. The first-order valence-corrected chi connectivity index (χ1v) is 7.00. The summed E-state index contributed by atoms with van der Waals surface area (Å²) in [5.41, 5.74) is 4.04. The lowest BCUT2D eigenvalue weighted by Gasteiger charge is -2.26. The van der Waals surface area contributed by atoms with Gasteiger partial charge in [-0.3, -0.25) is 9.59 Å². The zero-order valence-electron chi connectivity index (χ0n) is 11.9. The summed E-state index contributed by atoms with van der Waals surface area (Å²) >= 11 is 0. The molecule has 0 aliphatic heterocycles. The molecule has 2 rings (SSSR count). The van der Waals surface area contributed by atoms with Crippen LogP contribution in [0.15, 0.2) is 24.3 Å². The van der Waals surface area contributed by atoms with Crippen LogP contribution in [0.3, 0.4) is 0 Å². The van der Waals surface area contributed by atoms with Crippen LogP contribution in [0.1, 0.15) is 36.8 Å². The fourth-order valence-corrected chi connectivity index (χ4v) is 2.72. The minimum atomic E-state index is -4.40. The van der Waals surface area contributed by atoms with Crippen molar-refractivity contribution in [1.82, 2.24) is 5.32 Å². The average molecular weight is 314 g/mol. The third-order valence-electron chi connectivity index (χ3n) is 3.95. The molecule has 1 saturated carbocycles. The Morgan fingerprint density at radius 2 is 1.68 bits per heavy atom. The second kappa shape index (κ2) is 5.98. The van der Waals surface area contributed by atoms with Gasteiger partial charge in [-0.15, -0.1) is 0 Å². The third-order valence-corrected chi connectivity index (χ3v) is 3.95. The Morgan fingerprint density at radius 1 is 1.14 bits per heavy atom. The molecule has 0 unspecified atom stereocenters. The smallest absolute Gasteiger partial charge is 0.368 e. The molecule has 1 fully saturated rings. The van der Waals surface area contributed by atoms with Crippen molar-refractivity contribution in [3.8, 4) is 0 Å². The molecule has 0 radical (unpaired) electrons. The Bertz CT molecular complexity index is 561. The van der Waals surface area contributed by atoms with Gasteiger partial charge >= 0.3 is 6.18 Å². The fourth-order valence-electron chi connectivity index (χ4n) is 2.72. The molecular formula is C15H17F3N2O2. The number of nitrogens with one attached hydrogen (secondary N) is 1. The van der Waals surface area contributed by atoms with Gasteiger partial charge < -0.3 is 11.1 Å². The van der Waals surface area contributed by atoms with Crippen molar-refractivity contribution < 1.29 is 22.8 Å². The monoisotopic (exact) mass is 314 g/mol. The van der Waals surface area contributed by atoms with Crippen molar-refractivity contribution >= 4 is 11.8 Å². The molecular weight excluding hydrogens is 297 g/mol. The van der Waals surface area contributed by atoms with Crippen LogP contribution >= 0.6 is 0 Å². The van der Waals surface area contributed by atoms with E-state index in [0.29, 0.717) is 18.4 Å². The highest BCUT2D eigenvalue weighted by Crippen LogP contribution is 2.30. The van der Waals surface area contributed by atoms with E-state index in [4.69, 9.17) is 5.73 Å². The summed E-state index contributed by atoms with van der Waals surface area (Å²) in [6, 6.07) is 4.38. The predicted molar refractivity (Wildman–Crippen MR) is 73.7 cm³/mol. The Kier molecular flexibility index (Phi) is 4.44. The molecule has 0 atom stereocenters. The summed E-state index contributed by atoms with van der Waals surface area (Å²) in [6.45, 7) is 0. The van der Waals surface area contributed by atoms with Gasteiger partial charge in [0, 0.05) is 0 Å². The normalized spacial score (nSPS) is 17.2. The van der Waals surface area contributed by atoms with Gasteiger partial charge in [0.2, 0.25) is 11.8 Å². The maximum absolute atomic E-state index is 12.5. The molecule has 0 bridgehead atoms. The first-order chi connectivity index (χ1) is 10.2. The largest absolute Gasteiger partial charge is 0.416 e. The SMILES string of the molecule is NC(=O)C1(NC(=O)Cc2ccc(C(F)(F)F)cc2)CCCC1. The number of benzene rings is 1. The quantitative estimate of drug-likeness (QED) is 0.894. The standard InChI is InChI=1S/C15H17F3N2O2/c16-15(17,18)11-5-3-10(4-6-11)9-12(21)20-14(13(19)22)7-1-2-8-14/h3-6H,1-2,7-9H2,(H2,19,22)(H,20,21). The second-order valence-electron chi connectivity index (χ2n) is 5.57. The van der Waals surface area contributed by atoms with Crippen LogP contribution in [0, 0.1) is 0 Å². The van der Waals surface area contributed by atoms with Crippen molar-refractivity contribution in [2.24, 2.45) is 5.73 Å². The minimum absolute atomic E-state index is 0.0901. The number of rotatable bonds is 4. The number of nitrogens with two attached hydrogens (primary N) is 1. The van der Waals surface area contributed by atoms with Crippen LogP contribution in [0.25, 0.3) is 0 Å². The number of carbonyl (C=O) groups is 2. The first kappa shape index (κ1) is 16.3. The third kappa shape index (κ3) is 3.58. The van der Waals surface area contributed by atoms with Gasteiger partial charge in [0.05, 0.1) is 12.0 Å². The molecule has 0 heterocycles. The fraction of sp³-hybridized carbons (Fsp3) is 0.467. The number of halogens is 3. The topological polar surface area (TPSA) is 72.2 Å². The highest BCUT2D eigenvalue weighted by Gasteiger charge is 2.40. The van der Waals surface area contributed by atoms with Crippen molar-refractivity contribution in [2.75, 3.05) is 0 Å². The van der Waals surface area contributed by atoms with Gasteiger partial charge in [-0.2, -0.15) is 13.2 Å². The van der Waals surface area contributed by atoms with Crippen LogP contribution in [0.2, 0.25) is 0 Å². The highest BCUT2D eigenvalue weighted by molar-refractivity contribution is 5.91. The molecule has 4 nitrogen and oxygen atoms in total. The number of alkyl halides is 3. The first-order valence-electron chi connectivity index (χ1n) is 7.00. The van der Waals surface area contributed by atoms with Crippen LogP contribution in [-0.4, -0.2) is 17.4 Å². The van der Waals surface area contributed by atoms with Crippen molar-refractivity contribution in [1.29, 1.82) is 0 Å². The summed E-state index contributed by atoms with van der Waals surface area (Å²) in [7, 11) is 0. The molecule has 0 saturated heterocycles. The predicted octanol–water partition coefficient (Wildman–Crippen LogP) is 2.16. The molecule has 1 aliphatic carbocycles. The molecule has 2 amide bonds. The maximum Gasteiger partial charge on any atom is 0.416 e. The average Bonchev–Trinajstić information content (AvgIpc) is 2.88. The van der Waals surface area contributed by atoms with Crippen LogP contribution < -0.4 is 11.1 Å². The Labute approximate surface area is 125 Å². The Morgan fingerprint density at radius 3 is 2.14 bits per heavy atom. The number of primary amides is 1. The van der Waals surface area contributed by atoms with E-state index in [1.54, 1.807) is 0 Å². The van der Waals surface area contributed by atoms with E-state index in [9.17, 15) is 22.8 Å². The number of hydrogen-bond donors (Lipinski definition) is 2. The van der Waals surface area contributed by atoms with Gasteiger partial charge in [0.25, 0.3) is 0 Å². The van der Waals surface area contributed by atoms with E-state index in [-0.39, 0.29) is 6.42 Å². The number of amides is 2. The van der Waals surface area contributed by atoms with Gasteiger partial charge in [0.15, 0.2) is 0 Å². The summed E-state index contributed by atoms with van der Waals surface area (Å²) in [5.74, 6) is -0.980. The highest BCUT2D eigenvalue weighted by atomic mass is 19.4. The minimum Gasteiger partial charge on any atom is -0.368 e. The van der Waals surface area contributed by atoms with Crippen molar-refractivity contribution in [3.63, 3.8) is 0 Å². The Balaban J connectivity index is 2.01. The van der Waals surface area contributed by atoms with E-state index >= 15 is 0 Å². The van der Waals surface area contributed by atoms with Gasteiger partial charge in [0.1, 0.15) is 5.54 Å². The second-order valence-corrected chi connectivity index (χ2v) is 5.57. The van der Waals surface area contributed by atoms with Crippen LogP contribution in [-0.2, 0) is 22.2 Å². The van der Waals surface area contributed by atoms with E-state index in [0.717, 1.165) is 25.0 Å². The molecule has 22 heavy (non-hydrogen) atoms. The number of hydrogen-bond acceptors (Lipinski definition) is 2. The molecule has 3 N–H and O–H groups in total. The van der Waals surface area contributed by atoms with Crippen molar-refractivity contribution in [2.45, 2.75) is 43.8 Å². The van der Waals surface area contributed by atoms with Crippen LogP contribution in [0.4, 0.5) is 13.2 Å². The number of carbonyl (C=O) groups excluding carboxylic acids is 2. The summed E-state index contributed by atoms with van der Waals surface area (Å²) in [4.78, 5) is 23.6. The summed E-state index contributed by atoms with van der Waals surface area (Å²) in [5, 5.41) is 2.65. The van der Waals surface area contributed by atoms with E-state index in [1.165, 1.54) is 12.1 Å². The van der Waals surface area contributed by atoms with Gasteiger partial charge in [-0.1, -0.05) is 25.0 Å². The molecule has 120 valence electrons. The van der Waals surface area contributed by atoms with Gasteiger partial charge in [-0.05, 0) is 30.5 Å². The summed E-state index contributed by atoms with van der Waals surface area (Å²) in [6.07, 6.45) is -1.87. The molecule has 7 heteroatoms. The molecule has 1 aromatic carbocycles. The zero-order valence-corrected chi connectivity index (χ0v) is 11.9. The molecule has 0 spiro atoms. The molecule has 0 aromatic heterocycles. The lowest BCUT2D eigenvalue weighted by Crippen LogP contribution is -2.56. The lowest BCUT2D eigenvalue weighted by atomic mass is 9.96. The lowest BCUT2D eigenvalue weighted by molar-refractivity contribution is -0.137. The summed E-state index contributed by atoms with van der Waals surface area (Å²) < 4.78 is 37.4. The maximum atomic E-state index is 12.5. The van der Waals surface area contributed by atoms with Gasteiger partial charge in [-0.25, -0.2) is 0 Å². The molecule has 1 aromatic rings. The Hall–Kier alpha value is -2.05.